The van der Waals surface area contributed by atoms with Crippen molar-refractivity contribution in [3.63, 3.8) is 0 Å². The van der Waals surface area contributed by atoms with Crippen molar-refractivity contribution < 1.29 is 0 Å². The van der Waals surface area contributed by atoms with E-state index in [2.05, 4.69) is 46.4 Å². The summed E-state index contributed by atoms with van der Waals surface area (Å²) in [6, 6.07) is 8.41. The molecule has 0 amide bonds. The molecule has 2 heteroatoms. The molecule has 0 saturated heterocycles. The van der Waals surface area contributed by atoms with Crippen molar-refractivity contribution in [2.45, 2.75) is 6.42 Å². The molecule has 2 aromatic rings. The van der Waals surface area contributed by atoms with Gasteiger partial charge in [0.25, 0.3) is 0 Å². The Hall–Kier alpha value is -2.09. The molecule has 0 radical (unpaired) electrons. The third-order valence-electron chi connectivity index (χ3n) is 3.24. The fraction of sp³-hybridized carbons (Fsp3) is 0.0714. The van der Waals surface area contributed by atoms with E-state index in [9.17, 15) is 0 Å². The Morgan fingerprint density at radius 1 is 1.19 bits per heavy atom. The van der Waals surface area contributed by atoms with E-state index < -0.39 is 0 Å². The average molecular weight is 206 g/mol. The van der Waals surface area contributed by atoms with Crippen molar-refractivity contribution in [1.29, 1.82) is 0 Å². The molecule has 0 spiro atoms. The van der Waals surface area contributed by atoms with Gasteiger partial charge in [-0.1, -0.05) is 18.2 Å². The summed E-state index contributed by atoms with van der Waals surface area (Å²) >= 11 is 0. The van der Waals surface area contributed by atoms with Crippen LogP contribution in [0.5, 0.6) is 0 Å². The number of nitrogens with zero attached hydrogens (tertiary/aromatic N) is 1. The minimum Gasteiger partial charge on any atom is -0.354 e. The third kappa shape index (κ3) is 0.936. The summed E-state index contributed by atoms with van der Waals surface area (Å²) in [6.45, 7) is 0. The maximum atomic E-state index is 4.49. The van der Waals surface area contributed by atoms with E-state index in [4.69, 9.17) is 0 Å². The molecule has 2 nitrogen and oxygen atoms in total. The van der Waals surface area contributed by atoms with Crippen LogP contribution in [-0.4, -0.2) is 10.7 Å². The zero-order chi connectivity index (χ0) is 10.5. The SMILES string of the molecule is C1=CC2=Cc3[nH]c4ccccc4c3C(=N1)C2. The van der Waals surface area contributed by atoms with Gasteiger partial charge >= 0.3 is 0 Å². The third-order valence-corrected chi connectivity index (χ3v) is 3.24. The Balaban J connectivity index is 2.17. The number of aliphatic imine (C=N–C) groups is 1. The van der Waals surface area contributed by atoms with E-state index in [1.165, 1.54) is 33.4 Å². The lowest BCUT2D eigenvalue weighted by Crippen LogP contribution is -2.09. The van der Waals surface area contributed by atoms with Gasteiger partial charge in [0.05, 0.1) is 5.71 Å². The molecule has 1 aromatic carbocycles. The normalized spacial score (nSPS) is 17.0. The van der Waals surface area contributed by atoms with Crippen molar-refractivity contribution in [3.8, 4) is 0 Å². The lowest BCUT2D eigenvalue weighted by molar-refractivity contribution is 1.24. The number of nitrogens with one attached hydrogen (secondary N) is 1. The van der Waals surface area contributed by atoms with Gasteiger partial charge in [0.2, 0.25) is 0 Å². The molecule has 1 aliphatic heterocycles. The lowest BCUT2D eigenvalue weighted by Gasteiger charge is -2.16. The van der Waals surface area contributed by atoms with E-state index in [0.29, 0.717) is 0 Å². The van der Waals surface area contributed by atoms with Crippen LogP contribution in [0.4, 0.5) is 0 Å². The molecular formula is C14H10N2. The number of para-hydroxylation sites is 1. The van der Waals surface area contributed by atoms with Gasteiger partial charge in [0, 0.05) is 34.8 Å². The summed E-state index contributed by atoms with van der Waals surface area (Å²) in [5.74, 6) is 0. The molecule has 0 unspecified atom stereocenters. The van der Waals surface area contributed by atoms with Gasteiger partial charge < -0.3 is 4.98 Å². The summed E-state index contributed by atoms with van der Waals surface area (Å²) in [5.41, 5.74) is 6.20. The van der Waals surface area contributed by atoms with Crippen LogP contribution in [-0.2, 0) is 0 Å². The van der Waals surface area contributed by atoms with Crippen molar-refractivity contribution in [2.24, 2.45) is 4.99 Å². The molecule has 0 saturated carbocycles. The van der Waals surface area contributed by atoms with Gasteiger partial charge in [0.15, 0.2) is 0 Å². The number of hydrogen-bond donors (Lipinski definition) is 1. The highest BCUT2D eigenvalue weighted by molar-refractivity contribution is 6.17. The number of benzene rings is 1. The minimum atomic E-state index is 0.964. The summed E-state index contributed by atoms with van der Waals surface area (Å²) in [7, 11) is 0. The van der Waals surface area contributed by atoms with E-state index >= 15 is 0 Å². The Bertz CT molecular complexity index is 684. The Labute approximate surface area is 93.0 Å². The van der Waals surface area contributed by atoms with Gasteiger partial charge in [-0.2, -0.15) is 0 Å². The van der Waals surface area contributed by atoms with Gasteiger partial charge in [-0.15, -0.1) is 0 Å². The zero-order valence-corrected chi connectivity index (χ0v) is 8.70. The second kappa shape index (κ2) is 2.73. The van der Waals surface area contributed by atoms with Crippen molar-refractivity contribution in [2.75, 3.05) is 0 Å². The molecule has 0 atom stereocenters. The first-order chi connectivity index (χ1) is 7.92. The monoisotopic (exact) mass is 206 g/mol. The second-order valence-electron chi connectivity index (χ2n) is 4.25. The fourth-order valence-electron chi connectivity index (χ4n) is 2.54. The number of allylic oxidation sites excluding steroid dienone is 2. The number of fused-ring (bicyclic) bond motifs is 6. The zero-order valence-electron chi connectivity index (χ0n) is 8.70. The first-order valence-electron chi connectivity index (χ1n) is 5.47. The summed E-state index contributed by atoms with van der Waals surface area (Å²) in [5, 5.41) is 1.28. The van der Waals surface area contributed by atoms with Crippen LogP contribution in [0, 0.1) is 0 Å². The first kappa shape index (κ1) is 8.11. The molecule has 2 heterocycles. The van der Waals surface area contributed by atoms with Gasteiger partial charge in [-0.05, 0) is 23.8 Å². The number of hydrogen-bond acceptors (Lipinski definition) is 1. The Morgan fingerprint density at radius 2 is 2.12 bits per heavy atom. The smallest absolute Gasteiger partial charge is 0.0547 e. The predicted molar refractivity (Wildman–Crippen MR) is 66.6 cm³/mol. The first-order valence-corrected chi connectivity index (χ1v) is 5.47. The Morgan fingerprint density at radius 3 is 3.12 bits per heavy atom. The molecule has 1 aliphatic carbocycles. The molecule has 0 fully saturated rings. The van der Waals surface area contributed by atoms with Crippen molar-refractivity contribution in [1.82, 2.24) is 4.98 Å². The van der Waals surface area contributed by atoms with Crippen molar-refractivity contribution in [3.05, 3.63) is 53.4 Å². The molecule has 2 bridgehead atoms. The Kier molecular flexibility index (Phi) is 1.38. The molecule has 4 rings (SSSR count). The van der Waals surface area contributed by atoms with Gasteiger partial charge in [-0.25, -0.2) is 0 Å². The molecule has 2 aliphatic rings. The van der Waals surface area contributed by atoms with Gasteiger partial charge in [-0.3, -0.25) is 4.99 Å². The van der Waals surface area contributed by atoms with Crippen LogP contribution in [0.1, 0.15) is 17.7 Å². The second-order valence-corrected chi connectivity index (χ2v) is 4.25. The highest BCUT2D eigenvalue weighted by atomic mass is 14.8. The van der Waals surface area contributed by atoms with Crippen molar-refractivity contribution >= 4 is 22.7 Å². The quantitative estimate of drug-likeness (QED) is 0.685. The van der Waals surface area contributed by atoms with Crippen LogP contribution in [0.3, 0.4) is 0 Å². The number of rotatable bonds is 0. The standard InChI is InChI=1S/C14H10N2/c1-2-4-11-10(3-1)14-12-7-9(5-6-15-12)8-13(14)16-11/h1-6,8,16H,7H2. The maximum Gasteiger partial charge on any atom is 0.0547 e. The average Bonchev–Trinajstić information content (AvgIpc) is 2.67. The maximum absolute atomic E-state index is 4.49. The molecule has 16 heavy (non-hydrogen) atoms. The van der Waals surface area contributed by atoms with Crippen LogP contribution in [0.2, 0.25) is 0 Å². The van der Waals surface area contributed by atoms with Crippen LogP contribution in [0.15, 0.2) is 47.1 Å². The summed E-state index contributed by atoms with van der Waals surface area (Å²) in [4.78, 5) is 7.94. The number of aromatic nitrogens is 1. The highest BCUT2D eigenvalue weighted by Crippen LogP contribution is 2.32. The largest absolute Gasteiger partial charge is 0.354 e. The minimum absolute atomic E-state index is 0.964. The predicted octanol–water partition coefficient (Wildman–Crippen LogP) is 3.27. The van der Waals surface area contributed by atoms with Gasteiger partial charge in [0.1, 0.15) is 0 Å². The van der Waals surface area contributed by atoms with Crippen LogP contribution < -0.4 is 0 Å². The number of aromatic amines is 1. The van der Waals surface area contributed by atoms with Crippen LogP contribution >= 0.6 is 0 Å². The molecular weight excluding hydrogens is 196 g/mol. The summed E-state index contributed by atoms with van der Waals surface area (Å²) < 4.78 is 0. The lowest BCUT2D eigenvalue weighted by atomic mass is 9.92. The topological polar surface area (TPSA) is 28.1 Å². The van der Waals surface area contributed by atoms with E-state index in [1.54, 1.807) is 0 Å². The summed E-state index contributed by atoms with van der Waals surface area (Å²) in [6.07, 6.45) is 7.17. The highest BCUT2D eigenvalue weighted by Gasteiger charge is 2.21. The number of H-pyrrole nitrogens is 1. The van der Waals surface area contributed by atoms with E-state index in [1.807, 2.05) is 6.20 Å². The fourth-order valence-corrected chi connectivity index (χ4v) is 2.54. The van der Waals surface area contributed by atoms with Crippen LogP contribution in [0.25, 0.3) is 17.0 Å². The van der Waals surface area contributed by atoms with E-state index in [0.717, 1.165) is 6.42 Å². The van der Waals surface area contributed by atoms with E-state index in [-0.39, 0.29) is 0 Å². The molecule has 1 N–H and O–H groups in total. The molecule has 1 aromatic heterocycles. The molecule has 76 valence electrons.